The fraction of sp³-hybridized carbons (Fsp3) is 0.250. The summed E-state index contributed by atoms with van der Waals surface area (Å²) in [6, 6.07) is 7.20. The van der Waals surface area contributed by atoms with Crippen molar-refractivity contribution < 1.29 is 4.79 Å². The molecule has 0 bridgehead atoms. The van der Waals surface area contributed by atoms with Gasteiger partial charge in [-0.05, 0) is 24.6 Å². The molecule has 1 amide bonds. The van der Waals surface area contributed by atoms with Gasteiger partial charge in [-0.3, -0.25) is 4.79 Å². The van der Waals surface area contributed by atoms with E-state index in [0.717, 1.165) is 17.0 Å². The molecule has 108 valence electrons. The highest BCUT2D eigenvalue weighted by Gasteiger charge is 2.07. The fourth-order valence-corrected chi connectivity index (χ4v) is 2.54. The van der Waals surface area contributed by atoms with Gasteiger partial charge in [0.15, 0.2) is 0 Å². The van der Waals surface area contributed by atoms with E-state index in [4.69, 9.17) is 5.73 Å². The summed E-state index contributed by atoms with van der Waals surface area (Å²) in [5, 5.41) is 3.79. The molecule has 0 aliphatic carbocycles. The lowest BCUT2D eigenvalue weighted by atomic mass is 10.1. The number of amides is 1. The largest absolute Gasteiger partial charge is 0.346 e. The van der Waals surface area contributed by atoms with Crippen molar-refractivity contribution in [2.45, 2.75) is 19.9 Å². The molecule has 0 saturated carbocycles. The minimum atomic E-state index is -0.125. The maximum absolute atomic E-state index is 12.1. The van der Waals surface area contributed by atoms with Gasteiger partial charge in [0.1, 0.15) is 5.01 Å². The standard InChI is InChI=1S/C16H17N3OS/c1-2-14-10-18-15(21-14)11-19-16(20)13-7-3-5-12(9-13)6-4-8-17/h3,5,7,9-10H,2,8,11,17H2,1H3,(H,19,20). The van der Waals surface area contributed by atoms with E-state index < -0.39 is 0 Å². The van der Waals surface area contributed by atoms with Crippen molar-refractivity contribution in [3.05, 3.63) is 51.5 Å². The molecule has 21 heavy (non-hydrogen) atoms. The Balaban J connectivity index is 1.99. The van der Waals surface area contributed by atoms with Crippen LogP contribution in [0.15, 0.2) is 30.5 Å². The van der Waals surface area contributed by atoms with Crippen molar-refractivity contribution in [2.75, 3.05) is 6.54 Å². The number of carbonyl (C=O) groups is 1. The number of hydrogen-bond acceptors (Lipinski definition) is 4. The first-order chi connectivity index (χ1) is 10.2. The van der Waals surface area contributed by atoms with Gasteiger partial charge < -0.3 is 11.1 Å². The highest BCUT2D eigenvalue weighted by molar-refractivity contribution is 7.11. The van der Waals surface area contributed by atoms with Gasteiger partial charge in [-0.1, -0.05) is 24.8 Å². The Hall–Kier alpha value is -2.16. The number of carbonyl (C=O) groups excluding carboxylic acids is 1. The quantitative estimate of drug-likeness (QED) is 0.848. The number of nitrogens with two attached hydrogens (primary N) is 1. The molecule has 1 heterocycles. The molecular weight excluding hydrogens is 282 g/mol. The molecule has 0 saturated heterocycles. The minimum Gasteiger partial charge on any atom is -0.346 e. The number of aryl methyl sites for hydroxylation is 1. The summed E-state index contributed by atoms with van der Waals surface area (Å²) < 4.78 is 0. The second-order valence-electron chi connectivity index (χ2n) is 4.34. The Kier molecular flexibility index (Phi) is 5.50. The van der Waals surface area contributed by atoms with Gasteiger partial charge in [0.25, 0.3) is 5.91 Å². The Bertz CT molecular complexity index is 682. The number of rotatable bonds is 4. The number of hydrogen-bond donors (Lipinski definition) is 2. The van der Waals surface area contributed by atoms with Crippen molar-refractivity contribution >= 4 is 17.2 Å². The van der Waals surface area contributed by atoms with Crippen LogP contribution in [-0.4, -0.2) is 17.4 Å². The van der Waals surface area contributed by atoms with Gasteiger partial charge in [-0.2, -0.15) is 0 Å². The van der Waals surface area contributed by atoms with Crippen molar-refractivity contribution in [3.63, 3.8) is 0 Å². The van der Waals surface area contributed by atoms with Gasteiger partial charge in [0.05, 0.1) is 13.1 Å². The average Bonchev–Trinajstić information content (AvgIpc) is 2.99. The topological polar surface area (TPSA) is 68.0 Å². The van der Waals surface area contributed by atoms with Gasteiger partial charge in [0, 0.05) is 22.2 Å². The second kappa shape index (κ2) is 7.58. The van der Waals surface area contributed by atoms with Gasteiger partial charge >= 0.3 is 0 Å². The third-order valence-corrected chi connectivity index (χ3v) is 3.95. The molecule has 0 unspecified atom stereocenters. The number of thiazole rings is 1. The third kappa shape index (κ3) is 4.42. The van der Waals surface area contributed by atoms with Crippen LogP contribution in [0.1, 0.15) is 32.7 Å². The highest BCUT2D eigenvalue weighted by atomic mass is 32.1. The summed E-state index contributed by atoms with van der Waals surface area (Å²) in [5.74, 6) is 5.57. The number of benzene rings is 1. The highest BCUT2D eigenvalue weighted by Crippen LogP contribution is 2.13. The molecule has 2 rings (SSSR count). The Morgan fingerprint density at radius 2 is 2.33 bits per heavy atom. The summed E-state index contributed by atoms with van der Waals surface area (Å²) >= 11 is 1.62. The lowest BCUT2D eigenvalue weighted by Gasteiger charge is -2.03. The van der Waals surface area contributed by atoms with Gasteiger partial charge in [-0.25, -0.2) is 4.98 Å². The van der Waals surface area contributed by atoms with E-state index in [-0.39, 0.29) is 5.91 Å². The van der Waals surface area contributed by atoms with Crippen molar-refractivity contribution in [1.82, 2.24) is 10.3 Å². The molecule has 2 aromatic rings. The molecule has 1 aromatic carbocycles. The molecule has 4 nitrogen and oxygen atoms in total. The zero-order chi connectivity index (χ0) is 15.1. The van der Waals surface area contributed by atoms with Crippen LogP contribution >= 0.6 is 11.3 Å². The molecule has 0 fully saturated rings. The van der Waals surface area contributed by atoms with Crippen LogP contribution in [0.3, 0.4) is 0 Å². The van der Waals surface area contributed by atoms with E-state index >= 15 is 0 Å². The summed E-state index contributed by atoms with van der Waals surface area (Å²) in [7, 11) is 0. The average molecular weight is 299 g/mol. The molecule has 0 atom stereocenters. The van der Waals surface area contributed by atoms with E-state index in [0.29, 0.717) is 18.7 Å². The molecule has 0 radical (unpaired) electrons. The smallest absolute Gasteiger partial charge is 0.251 e. The second-order valence-corrected chi connectivity index (χ2v) is 5.54. The Morgan fingerprint density at radius 1 is 1.48 bits per heavy atom. The Morgan fingerprint density at radius 3 is 3.05 bits per heavy atom. The molecular formula is C16H17N3OS. The van der Waals surface area contributed by atoms with Crippen LogP contribution in [0.5, 0.6) is 0 Å². The van der Waals surface area contributed by atoms with Crippen molar-refractivity contribution in [3.8, 4) is 11.8 Å². The maximum Gasteiger partial charge on any atom is 0.251 e. The first-order valence-corrected chi connectivity index (χ1v) is 7.55. The number of nitrogens with one attached hydrogen (secondary N) is 1. The van der Waals surface area contributed by atoms with Crippen LogP contribution in [0.4, 0.5) is 0 Å². The first kappa shape index (κ1) is 15.2. The van der Waals surface area contributed by atoms with E-state index in [1.807, 2.05) is 18.3 Å². The fourth-order valence-electron chi connectivity index (χ4n) is 1.74. The molecule has 5 heteroatoms. The number of aromatic nitrogens is 1. The lowest BCUT2D eigenvalue weighted by Crippen LogP contribution is -2.22. The van der Waals surface area contributed by atoms with E-state index in [1.54, 1.807) is 23.5 Å². The van der Waals surface area contributed by atoms with Crippen LogP contribution in [0.2, 0.25) is 0 Å². The molecule has 0 aliphatic heterocycles. The molecule has 0 spiro atoms. The van der Waals surface area contributed by atoms with Crippen LogP contribution < -0.4 is 11.1 Å². The van der Waals surface area contributed by atoms with Gasteiger partial charge in [0.2, 0.25) is 0 Å². The third-order valence-electron chi connectivity index (χ3n) is 2.81. The predicted molar refractivity (Wildman–Crippen MR) is 85.0 cm³/mol. The summed E-state index contributed by atoms with van der Waals surface area (Å²) in [4.78, 5) is 17.6. The van der Waals surface area contributed by atoms with E-state index in [9.17, 15) is 4.79 Å². The monoisotopic (exact) mass is 299 g/mol. The summed E-state index contributed by atoms with van der Waals surface area (Å²) in [6.07, 6.45) is 2.82. The number of nitrogens with zero attached hydrogens (tertiary/aromatic N) is 1. The summed E-state index contributed by atoms with van der Waals surface area (Å²) in [6.45, 7) is 2.84. The molecule has 3 N–H and O–H groups in total. The van der Waals surface area contributed by atoms with Crippen LogP contribution in [0.25, 0.3) is 0 Å². The van der Waals surface area contributed by atoms with Crippen LogP contribution in [-0.2, 0) is 13.0 Å². The normalized spacial score (nSPS) is 9.81. The molecule has 0 aliphatic rings. The zero-order valence-electron chi connectivity index (χ0n) is 11.8. The lowest BCUT2D eigenvalue weighted by molar-refractivity contribution is 0.0951. The van der Waals surface area contributed by atoms with Crippen molar-refractivity contribution in [2.24, 2.45) is 5.73 Å². The van der Waals surface area contributed by atoms with E-state index in [2.05, 4.69) is 29.1 Å². The SMILES string of the molecule is CCc1cnc(CNC(=O)c2cccc(C#CCN)c2)s1. The first-order valence-electron chi connectivity index (χ1n) is 6.73. The summed E-state index contributed by atoms with van der Waals surface area (Å²) in [5.41, 5.74) is 6.72. The Labute approximate surface area is 128 Å². The van der Waals surface area contributed by atoms with Crippen LogP contribution in [0, 0.1) is 11.8 Å². The van der Waals surface area contributed by atoms with E-state index in [1.165, 1.54) is 4.88 Å². The molecule has 1 aromatic heterocycles. The zero-order valence-corrected chi connectivity index (χ0v) is 12.7. The minimum absolute atomic E-state index is 0.125. The van der Waals surface area contributed by atoms with Gasteiger partial charge in [-0.15, -0.1) is 11.3 Å². The predicted octanol–water partition coefficient (Wildman–Crippen LogP) is 1.95. The maximum atomic E-state index is 12.1. The van der Waals surface area contributed by atoms with Crippen molar-refractivity contribution in [1.29, 1.82) is 0 Å².